The first kappa shape index (κ1) is 20.1. The van der Waals surface area contributed by atoms with Crippen LogP contribution in [0, 0.1) is 41.5 Å². The molecule has 0 amide bonds. The minimum atomic E-state index is -2.31. The van der Waals surface area contributed by atoms with Crippen LogP contribution in [0.2, 0.25) is 19.6 Å². The zero-order valence-electron chi connectivity index (χ0n) is 17.7. The third-order valence-corrected chi connectivity index (χ3v) is 19.6. The van der Waals surface area contributed by atoms with Gasteiger partial charge < -0.3 is 4.43 Å². The smallest absolute Gasteiger partial charge is 0.240 e. The van der Waals surface area contributed by atoms with E-state index in [0.29, 0.717) is 0 Å². The minimum Gasteiger partial charge on any atom is -0.414 e. The quantitative estimate of drug-likeness (QED) is 0.711. The van der Waals surface area contributed by atoms with Crippen LogP contribution in [-0.4, -0.2) is 22.5 Å². The summed E-state index contributed by atoms with van der Waals surface area (Å²) in [5.74, 6) is 0. The summed E-state index contributed by atoms with van der Waals surface area (Å²) in [6.45, 7) is 20.9. The first-order chi connectivity index (χ1) is 11.5. The summed E-state index contributed by atoms with van der Waals surface area (Å²) < 4.78 is 6.68. The van der Waals surface area contributed by atoms with Crippen LogP contribution in [0.1, 0.15) is 33.4 Å². The van der Waals surface area contributed by atoms with Crippen molar-refractivity contribution in [3.8, 4) is 0 Å². The molecule has 0 bridgehead atoms. The molecule has 0 N–H and O–H groups in total. The van der Waals surface area contributed by atoms with Crippen LogP contribution in [0.25, 0.3) is 0 Å². The Hall–Kier alpha value is -1.17. The van der Waals surface area contributed by atoms with Crippen molar-refractivity contribution in [2.75, 3.05) is 7.11 Å². The van der Waals surface area contributed by atoms with Gasteiger partial charge in [0.1, 0.15) is 0 Å². The molecular weight excluding hydrogens is 336 g/mol. The summed E-state index contributed by atoms with van der Waals surface area (Å²) in [4.78, 5) is 0. The van der Waals surface area contributed by atoms with E-state index in [9.17, 15) is 0 Å². The van der Waals surface area contributed by atoms with E-state index in [1.807, 2.05) is 7.11 Å². The molecule has 0 saturated carbocycles. The van der Waals surface area contributed by atoms with Gasteiger partial charge in [-0.1, -0.05) is 55.0 Å². The first-order valence-corrected chi connectivity index (χ1v) is 15.6. The normalized spacial score (nSPS) is 12.6. The van der Waals surface area contributed by atoms with Crippen molar-refractivity contribution in [2.45, 2.75) is 61.2 Å². The van der Waals surface area contributed by atoms with Crippen LogP contribution >= 0.6 is 0 Å². The van der Waals surface area contributed by atoms with E-state index in [1.165, 1.54) is 43.8 Å². The highest BCUT2D eigenvalue weighted by atomic mass is 29.3. The summed E-state index contributed by atoms with van der Waals surface area (Å²) >= 11 is 0. The molecule has 0 aliphatic carbocycles. The van der Waals surface area contributed by atoms with E-state index in [0.717, 1.165) is 0 Å². The highest BCUT2D eigenvalue weighted by molar-refractivity contribution is 7.48. The second-order valence-electron chi connectivity index (χ2n) is 8.68. The largest absolute Gasteiger partial charge is 0.414 e. The Morgan fingerprint density at radius 1 is 0.600 bits per heavy atom. The van der Waals surface area contributed by atoms with Crippen LogP contribution in [0.5, 0.6) is 0 Å². The van der Waals surface area contributed by atoms with Crippen LogP contribution < -0.4 is 10.4 Å². The van der Waals surface area contributed by atoms with E-state index >= 15 is 0 Å². The Morgan fingerprint density at radius 3 is 1.08 bits per heavy atom. The molecule has 0 unspecified atom stereocenters. The van der Waals surface area contributed by atoms with Crippen molar-refractivity contribution in [3.63, 3.8) is 0 Å². The number of benzene rings is 2. The highest BCUT2D eigenvalue weighted by Crippen LogP contribution is 2.26. The molecule has 0 aliphatic rings. The molecule has 2 rings (SSSR count). The average Bonchev–Trinajstić information content (AvgIpc) is 2.41. The van der Waals surface area contributed by atoms with Crippen LogP contribution in [-0.2, 0) is 4.43 Å². The lowest BCUT2D eigenvalue weighted by Crippen LogP contribution is -2.76. The Bertz CT molecular complexity index is 697. The van der Waals surface area contributed by atoms with Crippen molar-refractivity contribution in [2.24, 2.45) is 0 Å². The summed E-state index contributed by atoms with van der Waals surface area (Å²) in [6.07, 6.45) is 0. The molecule has 2 aromatic carbocycles. The third kappa shape index (κ3) is 3.30. The van der Waals surface area contributed by atoms with Crippen molar-refractivity contribution >= 4 is 25.8 Å². The fourth-order valence-electron chi connectivity index (χ4n) is 4.86. The number of rotatable bonds is 4. The minimum absolute atomic E-state index is 1.34. The van der Waals surface area contributed by atoms with Crippen LogP contribution in [0.3, 0.4) is 0 Å². The van der Waals surface area contributed by atoms with E-state index in [2.05, 4.69) is 85.4 Å². The summed E-state index contributed by atoms with van der Waals surface area (Å²) in [7, 11) is -2.01. The lowest BCUT2D eigenvalue weighted by atomic mass is 10.1. The molecule has 0 spiro atoms. The van der Waals surface area contributed by atoms with Crippen molar-refractivity contribution < 1.29 is 4.43 Å². The highest BCUT2D eigenvalue weighted by Gasteiger charge is 2.53. The van der Waals surface area contributed by atoms with E-state index < -0.39 is 15.4 Å². The number of hydrogen-bond acceptors (Lipinski definition) is 1. The van der Waals surface area contributed by atoms with E-state index in [4.69, 9.17) is 4.43 Å². The predicted molar refractivity (Wildman–Crippen MR) is 117 cm³/mol. The standard InChI is InChI=1S/C22H34OSi2/c1-15-11-17(3)21(18(4)12-15)25(23-7,24(8,9)10)22-19(5)13-16(2)14-20(22)6/h11-14H,1-10H3. The van der Waals surface area contributed by atoms with Gasteiger partial charge in [-0.2, -0.15) is 0 Å². The van der Waals surface area contributed by atoms with Gasteiger partial charge in [-0.05, 0) is 74.2 Å². The predicted octanol–water partition coefficient (Wildman–Crippen LogP) is 4.66. The van der Waals surface area contributed by atoms with Gasteiger partial charge in [0.2, 0.25) is 7.83 Å². The molecule has 136 valence electrons. The summed E-state index contributed by atoms with van der Waals surface area (Å²) in [5, 5.41) is 3.02. The van der Waals surface area contributed by atoms with Crippen molar-refractivity contribution in [1.29, 1.82) is 0 Å². The molecule has 25 heavy (non-hydrogen) atoms. The second kappa shape index (κ2) is 6.86. The van der Waals surface area contributed by atoms with Gasteiger partial charge in [0.25, 0.3) is 0 Å². The topological polar surface area (TPSA) is 9.23 Å². The molecule has 0 aliphatic heterocycles. The molecule has 0 saturated heterocycles. The van der Waals surface area contributed by atoms with Crippen LogP contribution in [0.15, 0.2) is 24.3 Å². The first-order valence-electron chi connectivity index (χ1n) is 9.17. The fraction of sp³-hybridized carbons (Fsp3) is 0.455. The molecule has 0 fully saturated rings. The van der Waals surface area contributed by atoms with Crippen molar-refractivity contribution in [3.05, 3.63) is 57.6 Å². The Labute approximate surface area is 156 Å². The van der Waals surface area contributed by atoms with Crippen LogP contribution in [0.4, 0.5) is 0 Å². The van der Waals surface area contributed by atoms with Crippen molar-refractivity contribution in [1.82, 2.24) is 0 Å². The molecule has 3 heteroatoms. The van der Waals surface area contributed by atoms with E-state index in [-0.39, 0.29) is 0 Å². The Balaban J connectivity index is 3.02. The maximum absolute atomic E-state index is 6.68. The SMILES string of the molecule is CO[Si](c1c(C)cc(C)cc1C)(c1c(C)cc(C)cc1C)[Si](C)(C)C. The van der Waals surface area contributed by atoms with Gasteiger partial charge in [-0.3, -0.25) is 0 Å². The lowest BCUT2D eigenvalue weighted by Gasteiger charge is -2.44. The van der Waals surface area contributed by atoms with Gasteiger partial charge in [-0.15, -0.1) is 0 Å². The lowest BCUT2D eigenvalue weighted by molar-refractivity contribution is 0.429. The molecule has 0 aromatic heterocycles. The van der Waals surface area contributed by atoms with Gasteiger partial charge in [0.15, 0.2) is 0 Å². The van der Waals surface area contributed by atoms with Gasteiger partial charge >= 0.3 is 0 Å². The van der Waals surface area contributed by atoms with E-state index in [1.54, 1.807) is 0 Å². The fourth-order valence-corrected chi connectivity index (χ4v) is 18.8. The zero-order chi connectivity index (χ0) is 19.2. The molecule has 0 atom stereocenters. The molecular formula is C22H34OSi2. The van der Waals surface area contributed by atoms with Gasteiger partial charge in [-0.25, -0.2) is 0 Å². The van der Waals surface area contributed by atoms with Gasteiger partial charge in [0, 0.05) is 7.11 Å². The Morgan fingerprint density at radius 2 is 0.880 bits per heavy atom. The number of aryl methyl sites for hydroxylation is 6. The summed E-state index contributed by atoms with van der Waals surface area (Å²) in [5.41, 5.74) is 8.26. The third-order valence-electron chi connectivity index (χ3n) is 5.42. The summed E-state index contributed by atoms with van der Waals surface area (Å²) in [6, 6.07) is 9.34. The zero-order valence-corrected chi connectivity index (χ0v) is 19.7. The number of hydrogen-bond donors (Lipinski definition) is 0. The molecule has 0 radical (unpaired) electrons. The monoisotopic (exact) mass is 370 g/mol. The second-order valence-corrected chi connectivity index (χ2v) is 22.6. The molecule has 2 aromatic rings. The maximum Gasteiger partial charge on any atom is 0.240 e. The molecule has 1 nitrogen and oxygen atoms in total. The Kier molecular flexibility index (Phi) is 5.53. The molecule has 0 heterocycles. The van der Waals surface area contributed by atoms with Gasteiger partial charge in [0.05, 0.1) is 7.59 Å². The average molecular weight is 371 g/mol. The maximum atomic E-state index is 6.68.